The maximum atomic E-state index is 14.4. The number of aromatic amines is 1. The number of hydrogen-bond acceptors (Lipinski definition) is 5. The molecule has 10 heteroatoms. The summed E-state index contributed by atoms with van der Waals surface area (Å²) in [6.45, 7) is 1.81. The molecule has 0 fully saturated rings. The fraction of sp³-hybridized carbons (Fsp3) is 0.300. The smallest absolute Gasteiger partial charge is 0.391 e. The Morgan fingerprint density at radius 1 is 1.23 bits per heavy atom. The minimum atomic E-state index is -4.34. The van der Waals surface area contributed by atoms with Gasteiger partial charge in [-0.25, -0.2) is 22.7 Å². The summed E-state index contributed by atoms with van der Waals surface area (Å²) in [5, 5.41) is 5.66. The summed E-state index contributed by atoms with van der Waals surface area (Å²) in [6.07, 6.45) is 2.85. The molecule has 1 aromatic heterocycles. The summed E-state index contributed by atoms with van der Waals surface area (Å²) in [5.74, 6) is -2.44. The molecule has 4 rings (SSSR count). The summed E-state index contributed by atoms with van der Waals surface area (Å²) in [7, 11) is -4.34. The number of halogens is 2. The van der Waals surface area contributed by atoms with Gasteiger partial charge in [0.15, 0.2) is 5.82 Å². The average Bonchev–Trinajstić information content (AvgIpc) is 3.36. The molecule has 0 unspecified atom stereocenters. The molecule has 0 amide bonds. The second-order valence-electron chi connectivity index (χ2n) is 7.23. The molecular weight excluding hydrogens is 433 g/mol. The average molecular weight is 452 g/mol. The molecule has 1 aliphatic rings. The van der Waals surface area contributed by atoms with Crippen LogP contribution in [0.25, 0.3) is 0 Å². The van der Waals surface area contributed by atoms with Crippen LogP contribution in [0.5, 0.6) is 0 Å². The van der Waals surface area contributed by atoms with Crippen molar-refractivity contribution in [2.45, 2.75) is 43.0 Å². The summed E-state index contributed by atoms with van der Waals surface area (Å²) in [6, 6.07) is 8.56. The first-order valence-electron chi connectivity index (χ1n) is 9.40. The number of fused-ring (bicyclic) bond motifs is 1. The number of benzene rings is 2. The van der Waals surface area contributed by atoms with Crippen molar-refractivity contribution in [3.63, 3.8) is 0 Å². The Labute approximate surface area is 177 Å². The number of rotatable bonds is 6. The minimum Gasteiger partial charge on any atom is -0.391 e. The zero-order valence-electron chi connectivity index (χ0n) is 16.0. The molecule has 0 bridgehead atoms. The highest BCUT2D eigenvalue weighted by molar-refractivity contribution is 7.89. The molecule has 2 aromatic carbocycles. The van der Waals surface area contributed by atoms with Crippen LogP contribution in [-0.4, -0.2) is 18.6 Å². The van der Waals surface area contributed by atoms with Crippen LogP contribution in [0.15, 0.2) is 50.5 Å². The number of sulfonamides is 1. The lowest BCUT2D eigenvalue weighted by atomic mass is 9.88. The fourth-order valence-corrected chi connectivity index (χ4v) is 5.52. The van der Waals surface area contributed by atoms with Crippen molar-refractivity contribution in [3.8, 4) is 0 Å². The van der Waals surface area contributed by atoms with Crippen molar-refractivity contribution in [1.82, 2.24) is 14.9 Å². The predicted molar refractivity (Wildman–Crippen MR) is 108 cm³/mol. The van der Waals surface area contributed by atoms with E-state index < -0.39 is 38.5 Å². The second-order valence-corrected chi connectivity index (χ2v) is 9.32. The highest BCUT2D eigenvalue weighted by Gasteiger charge is 2.34. The van der Waals surface area contributed by atoms with Gasteiger partial charge in [-0.15, -0.1) is 5.10 Å². The predicted octanol–water partition coefficient (Wildman–Crippen LogP) is 3.47. The normalized spacial score (nSPS) is 15.7. The SMILES string of the molecule is C[C@H](c1cccc2c1CCC2)[C@H](NS(=O)(=O)c1cccc(Cl)c1F)c1n[nH]c(=O)o1. The van der Waals surface area contributed by atoms with Gasteiger partial charge in [-0.2, -0.15) is 4.72 Å². The number of nitrogens with one attached hydrogen (secondary N) is 2. The Bertz CT molecular complexity index is 1250. The van der Waals surface area contributed by atoms with Gasteiger partial charge in [0.25, 0.3) is 0 Å². The van der Waals surface area contributed by atoms with Gasteiger partial charge in [-0.05, 0) is 48.1 Å². The van der Waals surface area contributed by atoms with Crippen molar-refractivity contribution in [2.24, 2.45) is 0 Å². The second kappa shape index (κ2) is 7.98. The fourth-order valence-electron chi connectivity index (χ4n) is 3.92. The van der Waals surface area contributed by atoms with Crippen molar-refractivity contribution < 1.29 is 17.2 Å². The van der Waals surface area contributed by atoms with Gasteiger partial charge in [-0.3, -0.25) is 0 Å². The Morgan fingerprint density at radius 3 is 2.73 bits per heavy atom. The first kappa shape index (κ1) is 20.8. The van der Waals surface area contributed by atoms with E-state index in [0.717, 1.165) is 36.5 Å². The lowest BCUT2D eigenvalue weighted by Gasteiger charge is -2.24. The summed E-state index contributed by atoms with van der Waals surface area (Å²) in [4.78, 5) is 10.9. The maximum absolute atomic E-state index is 14.4. The quantitative estimate of drug-likeness (QED) is 0.597. The van der Waals surface area contributed by atoms with E-state index in [0.29, 0.717) is 0 Å². The molecule has 1 heterocycles. The molecule has 0 saturated carbocycles. The molecular formula is C20H19ClFN3O4S. The molecule has 0 saturated heterocycles. The van der Waals surface area contributed by atoms with Crippen LogP contribution >= 0.6 is 11.6 Å². The minimum absolute atomic E-state index is 0.130. The van der Waals surface area contributed by atoms with Crippen LogP contribution < -0.4 is 10.5 Å². The van der Waals surface area contributed by atoms with Crippen LogP contribution in [0.3, 0.4) is 0 Å². The molecule has 3 aromatic rings. The Hall–Kier alpha value is -2.49. The van der Waals surface area contributed by atoms with Gasteiger partial charge >= 0.3 is 5.76 Å². The van der Waals surface area contributed by atoms with Crippen molar-refractivity contribution in [2.75, 3.05) is 0 Å². The molecule has 30 heavy (non-hydrogen) atoms. The molecule has 7 nitrogen and oxygen atoms in total. The monoisotopic (exact) mass is 451 g/mol. The Morgan fingerprint density at radius 2 is 2.00 bits per heavy atom. The van der Waals surface area contributed by atoms with Crippen LogP contribution in [0.2, 0.25) is 5.02 Å². The van der Waals surface area contributed by atoms with E-state index >= 15 is 0 Å². The van der Waals surface area contributed by atoms with Crippen molar-refractivity contribution in [1.29, 1.82) is 0 Å². The van der Waals surface area contributed by atoms with Gasteiger partial charge in [0, 0.05) is 5.92 Å². The van der Waals surface area contributed by atoms with Crippen LogP contribution in [0.1, 0.15) is 47.9 Å². The van der Waals surface area contributed by atoms with Crippen LogP contribution in [0.4, 0.5) is 4.39 Å². The van der Waals surface area contributed by atoms with Crippen LogP contribution in [0, 0.1) is 5.82 Å². The van der Waals surface area contributed by atoms with E-state index in [1.165, 1.54) is 17.7 Å². The van der Waals surface area contributed by atoms with Crippen molar-refractivity contribution in [3.05, 3.63) is 80.4 Å². The van der Waals surface area contributed by atoms with Gasteiger partial charge in [0.05, 0.1) is 5.02 Å². The first-order chi connectivity index (χ1) is 14.3. The van der Waals surface area contributed by atoms with E-state index in [-0.39, 0.29) is 10.9 Å². The molecule has 0 spiro atoms. The summed E-state index contributed by atoms with van der Waals surface area (Å²) in [5.41, 5.74) is 3.29. The van der Waals surface area contributed by atoms with E-state index in [9.17, 15) is 17.6 Å². The number of H-pyrrole nitrogens is 1. The number of aryl methyl sites for hydroxylation is 1. The molecule has 1 aliphatic carbocycles. The zero-order valence-corrected chi connectivity index (χ0v) is 17.6. The third kappa shape index (κ3) is 3.80. The van der Waals surface area contributed by atoms with Gasteiger partial charge in [0.1, 0.15) is 10.9 Å². The highest BCUT2D eigenvalue weighted by atomic mass is 35.5. The number of aromatic nitrogens is 2. The summed E-state index contributed by atoms with van der Waals surface area (Å²) < 4.78 is 47.9. The molecule has 2 atom stereocenters. The molecule has 158 valence electrons. The Kier molecular flexibility index (Phi) is 5.52. The zero-order chi connectivity index (χ0) is 21.5. The largest absolute Gasteiger partial charge is 0.434 e. The van der Waals surface area contributed by atoms with E-state index in [1.807, 2.05) is 25.1 Å². The molecule has 0 radical (unpaired) electrons. The maximum Gasteiger partial charge on any atom is 0.434 e. The highest BCUT2D eigenvalue weighted by Crippen LogP contribution is 2.37. The molecule has 2 N–H and O–H groups in total. The summed E-state index contributed by atoms with van der Waals surface area (Å²) >= 11 is 5.75. The topological polar surface area (TPSA) is 105 Å². The number of hydrogen-bond donors (Lipinski definition) is 2. The number of nitrogens with zero attached hydrogens (tertiary/aromatic N) is 1. The standard InChI is InChI=1S/C20H19ClFN3O4S/c1-11(13-7-2-5-12-6-3-8-14(12)13)18(19-23-24-20(26)29-19)25-30(27,28)16-10-4-9-15(21)17(16)22/h2,4-5,7,9-11,18,25H,3,6,8H2,1H3,(H,24,26)/t11-,18+/m1/s1. The van der Waals surface area contributed by atoms with E-state index in [2.05, 4.69) is 14.9 Å². The van der Waals surface area contributed by atoms with Gasteiger partial charge < -0.3 is 4.42 Å². The van der Waals surface area contributed by atoms with Gasteiger partial charge in [0.2, 0.25) is 15.9 Å². The lowest BCUT2D eigenvalue weighted by molar-refractivity contribution is 0.380. The van der Waals surface area contributed by atoms with E-state index in [1.54, 1.807) is 0 Å². The van der Waals surface area contributed by atoms with Crippen molar-refractivity contribution >= 4 is 21.6 Å². The Balaban J connectivity index is 1.77. The third-order valence-corrected chi connectivity index (χ3v) is 7.13. The van der Waals surface area contributed by atoms with Crippen LogP contribution in [-0.2, 0) is 22.9 Å². The lowest BCUT2D eigenvalue weighted by Crippen LogP contribution is -2.33. The van der Waals surface area contributed by atoms with Gasteiger partial charge in [-0.1, -0.05) is 42.8 Å². The molecule has 0 aliphatic heterocycles. The van der Waals surface area contributed by atoms with E-state index in [4.69, 9.17) is 16.0 Å². The third-order valence-electron chi connectivity index (χ3n) is 5.38. The first-order valence-corrected chi connectivity index (χ1v) is 11.3.